The van der Waals surface area contributed by atoms with Crippen LogP contribution in [0, 0.1) is 5.82 Å². The van der Waals surface area contributed by atoms with Crippen molar-refractivity contribution in [3.05, 3.63) is 60.2 Å². The Morgan fingerprint density at radius 1 is 1.04 bits per heavy atom. The number of aliphatic imine (C=N–C) groups is 2. The minimum Gasteiger partial charge on any atom is -0.294 e. The van der Waals surface area contributed by atoms with Crippen LogP contribution in [0.4, 0.5) is 10.1 Å². The van der Waals surface area contributed by atoms with Gasteiger partial charge in [-0.3, -0.25) is 14.5 Å². The lowest BCUT2D eigenvalue weighted by atomic mass is 10.1. The van der Waals surface area contributed by atoms with Crippen LogP contribution in [0.2, 0.25) is 0 Å². The third-order valence-corrected chi connectivity index (χ3v) is 4.19. The Labute approximate surface area is 131 Å². The molecule has 5 rings (SSSR count). The van der Waals surface area contributed by atoms with Gasteiger partial charge in [-0.2, -0.15) is 0 Å². The van der Waals surface area contributed by atoms with E-state index in [1.54, 1.807) is 12.4 Å². The second kappa shape index (κ2) is 4.49. The first-order chi connectivity index (χ1) is 11.3. The van der Waals surface area contributed by atoms with Gasteiger partial charge in [-0.25, -0.2) is 14.4 Å². The minimum absolute atomic E-state index is 0.335. The van der Waals surface area contributed by atoms with Gasteiger partial charge >= 0.3 is 0 Å². The van der Waals surface area contributed by atoms with Gasteiger partial charge in [-0.05, 0) is 24.3 Å². The van der Waals surface area contributed by atoms with Gasteiger partial charge in [-0.15, -0.1) is 0 Å². The van der Waals surface area contributed by atoms with Crippen molar-refractivity contribution < 1.29 is 4.39 Å². The van der Waals surface area contributed by atoms with E-state index in [4.69, 9.17) is 0 Å². The molecule has 0 unspecified atom stereocenters. The fraction of sp³-hybridized carbons (Fsp3) is 0.118. The van der Waals surface area contributed by atoms with Crippen molar-refractivity contribution in [2.45, 2.75) is 0 Å². The molecular formula is C17H12FN5. The molecule has 1 aromatic heterocycles. The molecule has 0 radical (unpaired) electrons. The summed E-state index contributed by atoms with van der Waals surface area (Å²) in [6.45, 7) is 1.41. The van der Waals surface area contributed by atoms with Gasteiger partial charge < -0.3 is 0 Å². The number of amidine groups is 1. The van der Waals surface area contributed by atoms with Gasteiger partial charge in [0, 0.05) is 12.1 Å². The fourth-order valence-corrected chi connectivity index (χ4v) is 3.14. The van der Waals surface area contributed by atoms with Crippen LogP contribution in [0.15, 0.2) is 58.8 Å². The van der Waals surface area contributed by atoms with Crippen molar-refractivity contribution in [1.29, 1.82) is 0 Å². The molecule has 3 heterocycles. The first-order valence-electron chi connectivity index (χ1n) is 7.45. The zero-order valence-corrected chi connectivity index (χ0v) is 12.1. The molecule has 112 valence electrons. The zero-order chi connectivity index (χ0) is 15.4. The number of para-hydroxylation sites is 3. The SMILES string of the molecule is Fc1cccc2c1N=C(n1cnc3ccccc31)N1CCN=C21. The summed E-state index contributed by atoms with van der Waals surface area (Å²) in [6, 6.07) is 12.8. The molecule has 0 saturated heterocycles. The van der Waals surface area contributed by atoms with Crippen molar-refractivity contribution in [3.8, 4) is 0 Å². The fourth-order valence-electron chi connectivity index (χ4n) is 3.14. The molecule has 6 heteroatoms. The Bertz CT molecular complexity index is 1000. The smallest absolute Gasteiger partial charge is 0.217 e. The second-order valence-corrected chi connectivity index (χ2v) is 5.51. The number of benzene rings is 2. The maximum atomic E-state index is 14.3. The average molecular weight is 305 g/mol. The Kier molecular flexibility index (Phi) is 2.44. The van der Waals surface area contributed by atoms with Crippen LogP contribution >= 0.6 is 0 Å². The predicted octanol–water partition coefficient (Wildman–Crippen LogP) is 2.79. The molecule has 2 aliphatic heterocycles. The van der Waals surface area contributed by atoms with Gasteiger partial charge in [-0.1, -0.05) is 18.2 Å². The quantitative estimate of drug-likeness (QED) is 0.641. The standard InChI is InChI=1S/C17H12FN5/c18-12-5-3-4-11-15(12)21-17(22-9-8-19-16(11)22)23-10-20-13-6-1-2-7-14(13)23/h1-7,10H,8-9H2. The number of hydrogen-bond donors (Lipinski definition) is 0. The van der Waals surface area contributed by atoms with E-state index in [1.165, 1.54) is 6.07 Å². The number of halogens is 1. The molecule has 0 bridgehead atoms. The van der Waals surface area contributed by atoms with E-state index in [-0.39, 0.29) is 5.82 Å². The first-order valence-corrected chi connectivity index (χ1v) is 7.45. The van der Waals surface area contributed by atoms with E-state index in [0.717, 1.165) is 29.0 Å². The highest BCUT2D eigenvalue weighted by molar-refractivity contribution is 6.17. The molecule has 3 aromatic rings. The van der Waals surface area contributed by atoms with E-state index in [0.29, 0.717) is 18.2 Å². The number of nitrogens with zero attached hydrogens (tertiary/aromatic N) is 5. The summed E-state index contributed by atoms with van der Waals surface area (Å²) in [4.78, 5) is 15.6. The number of fused-ring (bicyclic) bond motifs is 4. The Balaban J connectivity index is 1.80. The van der Waals surface area contributed by atoms with Crippen LogP contribution in [0.1, 0.15) is 5.56 Å². The second-order valence-electron chi connectivity index (χ2n) is 5.51. The highest BCUT2D eigenvalue weighted by Crippen LogP contribution is 2.32. The maximum Gasteiger partial charge on any atom is 0.217 e. The summed E-state index contributed by atoms with van der Waals surface area (Å²) < 4.78 is 16.1. The molecule has 23 heavy (non-hydrogen) atoms. The molecule has 0 atom stereocenters. The Hall–Kier alpha value is -3.02. The molecule has 0 fully saturated rings. The average Bonchev–Trinajstić information content (AvgIpc) is 3.22. The predicted molar refractivity (Wildman–Crippen MR) is 86.7 cm³/mol. The third kappa shape index (κ3) is 1.69. The summed E-state index contributed by atoms with van der Waals surface area (Å²) in [6.07, 6.45) is 1.73. The minimum atomic E-state index is -0.335. The highest BCUT2D eigenvalue weighted by Gasteiger charge is 2.32. The van der Waals surface area contributed by atoms with Gasteiger partial charge in [0.15, 0.2) is 0 Å². The topological polar surface area (TPSA) is 45.8 Å². The summed E-state index contributed by atoms with van der Waals surface area (Å²) in [7, 11) is 0. The summed E-state index contributed by atoms with van der Waals surface area (Å²) >= 11 is 0. The number of rotatable bonds is 0. The monoisotopic (exact) mass is 305 g/mol. The van der Waals surface area contributed by atoms with Crippen LogP contribution in [0.5, 0.6) is 0 Å². The molecule has 0 spiro atoms. The molecule has 0 amide bonds. The van der Waals surface area contributed by atoms with Crippen LogP contribution < -0.4 is 0 Å². The van der Waals surface area contributed by atoms with Crippen LogP contribution in [-0.2, 0) is 0 Å². The zero-order valence-electron chi connectivity index (χ0n) is 12.1. The van der Waals surface area contributed by atoms with Crippen LogP contribution in [-0.4, -0.2) is 39.3 Å². The Morgan fingerprint density at radius 3 is 2.91 bits per heavy atom. The van der Waals surface area contributed by atoms with Crippen LogP contribution in [0.25, 0.3) is 11.0 Å². The lowest BCUT2D eigenvalue weighted by molar-refractivity contribution is 0.613. The molecule has 0 aliphatic carbocycles. The first kappa shape index (κ1) is 12.5. The summed E-state index contributed by atoms with van der Waals surface area (Å²) in [5.41, 5.74) is 2.91. The molecule has 0 saturated carbocycles. The molecule has 2 aromatic carbocycles. The molecule has 0 N–H and O–H groups in total. The van der Waals surface area contributed by atoms with E-state index in [1.807, 2.05) is 39.8 Å². The Morgan fingerprint density at radius 2 is 1.96 bits per heavy atom. The van der Waals surface area contributed by atoms with Crippen molar-refractivity contribution in [2.75, 3.05) is 13.1 Å². The third-order valence-electron chi connectivity index (χ3n) is 4.19. The van der Waals surface area contributed by atoms with E-state index < -0.39 is 0 Å². The summed E-state index contributed by atoms with van der Waals surface area (Å²) in [5.74, 6) is 1.09. The number of hydrogen-bond acceptors (Lipinski definition) is 4. The molecular weight excluding hydrogens is 293 g/mol. The largest absolute Gasteiger partial charge is 0.294 e. The number of imidazole rings is 1. The molecule has 2 aliphatic rings. The lowest BCUT2D eigenvalue weighted by Crippen LogP contribution is -2.41. The van der Waals surface area contributed by atoms with Gasteiger partial charge in [0.05, 0.1) is 17.6 Å². The van der Waals surface area contributed by atoms with Crippen molar-refractivity contribution >= 4 is 28.5 Å². The van der Waals surface area contributed by atoms with E-state index in [2.05, 4.69) is 15.0 Å². The van der Waals surface area contributed by atoms with Crippen LogP contribution in [0.3, 0.4) is 0 Å². The number of aromatic nitrogens is 2. The highest BCUT2D eigenvalue weighted by atomic mass is 19.1. The van der Waals surface area contributed by atoms with Crippen molar-refractivity contribution in [2.24, 2.45) is 9.98 Å². The van der Waals surface area contributed by atoms with E-state index >= 15 is 0 Å². The van der Waals surface area contributed by atoms with Crippen molar-refractivity contribution in [3.63, 3.8) is 0 Å². The van der Waals surface area contributed by atoms with Gasteiger partial charge in [0.25, 0.3) is 0 Å². The molecule has 5 nitrogen and oxygen atoms in total. The van der Waals surface area contributed by atoms with E-state index in [9.17, 15) is 4.39 Å². The normalized spacial score (nSPS) is 16.1. The van der Waals surface area contributed by atoms with Gasteiger partial charge in [0.2, 0.25) is 5.96 Å². The maximum absolute atomic E-state index is 14.3. The lowest BCUT2D eigenvalue weighted by Gasteiger charge is -2.27. The summed E-state index contributed by atoms with van der Waals surface area (Å²) in [5, 5.41) is 0. The van der Waals surface area contributed by atoms with Gasteiger partial charge in [0.1, 0.15) is 23.7 Å². The van der Waals surface area contributed by atoms with Crippen molar-refractivity contribution in [1.82, 2.24) is 14.5 Å².